The average molecular weight is 401 g/mol. The molecule has 0 atom stereocenters. The van der Waals surface area contributed by atoms with Gasteiger partial charge in [-0.05, 0) is 44.2 Å². The van der Waals surface area contributed by atoms with Crippen LogP contribution in [0.5, 0.6) is 17.2 Å². The van der Waals surface area contributed by atoms with Crippen LogP contribution in [0.15, 0.2) is 42.5 Å². The third-order valence-electron chi connectivity index (χ3n) is 3.72. The second-order valence-electron chi connectivity index (χ2n) is 5.68. The van der Waals surface area contributed by atoms with Crippen LogP contribution < -0.4 is 19.5 Å². The third kappa shape index (κ3) is 5.97. The molecular weight excluding hydrogens is 378 g/mol. The molecule has 0 aromatic heterocycles. The molecule has 154 valence electrons. The molecule has 29 heavy (non-hydrogen) atoms. The summed E-state index contributed by atoms with van der Waals surface area (Å²) in [6.45, 7) is 3.87. The van der Waals surface area contributed by atoms with Crippen LogP contribution in [-0.2, 0) is 9.53 Å². The topological polar surface area (TPSA) is 100 Å². The van der Waals surface area contributed by atoms with Gasteiger partial charge in [-0.25, -0.2) is 4.79 Å². The minimum Gasteiger partial charge on any atom is -0.496 e. The van der Waals surface area contributed by atoms with Crippen molar-refractivity contribution in [3.63, 3.8) is 0 Å². The highest BCUT2D eigenvalue weighted by Gasteiger charge is 2.17. The number of hydrogen-bond donors (Lipinski definition) is 1. The van der Waals surface area contributed by atoms with E-state index in [9.17, 15) is 14.4 Å². The zero-order valence-corrected chi connectivity index (χ0v) is 16.5. The largest absolute Gasteiger partial charge is 0.496 e. The van der Waals surface area contributed by atoms with Gasteiger partial charge < -0.3 is 18.9 Å². The summed E-state index contributed by atoms with van der Waals surface area (Å²) >= 11 is 0. The molecule has 0 radical (unpaired) electrons. The molecule has 8 heteroatoms. The SMILES string of the molecule is CCOc1ccc(C(=O)OCC(=O)NC(=O)c2ccccc2OC)cc1OCC. The molecule has 8 nitrogen and oxygen atoms in total. The normalized spacial score (nSPS) is 10.0. The van der Waals surface area contributed by atoms with Gasteiger partial charge in [0.1, 0.15) is 5.75 Å². The highest BCUT2D eigenvalue weighted by atomic mass is 16.5. The molecule has 2 aromatic carbocycles. The Hall–Kier alpha value is -3.55. The summed E-state index contributed by atoms with van der Waals surface area (Å²) in [5.41, 5.74) is 0.392. The number of hydrogen-bond acceptors (Lipinski definition) is 7. The van der Waals surface area contributed by atoms with Gasteiger partial charge >= 0.3 is 5.97 Å². The minimum atomic E-state index is -0.759. The number of methoxy groups -OCH3 is 1. The Morgan fingerprint density at radius 1 is 0.897 bits per heavy atom. The fourth-order valence-electron chi connectivity index (χ4n) is 2.45. The first-order valence-corrected chi connectivity index (χ1v) is 9.04. The van der Waals surface area contributed by atoms with Gasteiger partial charge in [0.2, 0.25) is 0 Å². The van der Waals surface area contributed by atoms with Crippen molar-refractivity contribution in [1.29, 1.82) is 0 Å². The first-order chi connectivity index (χ1) is 14.0. The van der Waals surface area contributed by atoms with Gasteiger partial charge in [-0.2, -0.15) is 0 Å². The zero-order valence-electron chi connectivity index (χ0n) is 16.5. The van der Waals surface area contributed by atoms with Crippen molar-refractivity contribution in [2.75, 3.05) is 26.9 Å². The fourth-order valence-corrected chi connectivity index (χ4v) is 2.45. The lowest BCUT2D eigenvalue weighted by atomic mass is 10.2. The van der Waals surface area contributed by atoms with Crippen LogP contribution in [0, 0.1) is 0 Å². The molecule has 0 aliphatic heterocycles. The summed E-state index contributed by atoms with van der Waals surface area (Å²) in [5.74, 6) is -0.902. The second kappa shape index (κ2) is 10.7. The predicted molar refractivity (Wildman–Crippen MR) is 105 cm³/mol. The number of ether oxygens (including phenoxy) is 4. The van der Waals surface area contributed by atoms with E-state index in [1.165, 1.54) is 25.3 Å². The van der Waals surface area contributed by atoms with Crippen LogP contribution >= 0.6 is 0 Å². The van der Waals surface area contributed by atoms with Crippen LogP contribution in [0.1, 0.15) is 34.6 Å². The molecule has 0 fully saturated rings. The number of imide groups is 1. The van der Waals surface area contributed by atoms with Gasteiger partial charge in [0.25, 0.3) is 11.8 Å². The Labute approximate surface area is 168 Å². The maximum atomic E-state index is 12.2. The molecule has 1 N–H and O–H groups in total. The smallest absolute Gasteiger partial charge is 0.338 e. The molecule has 0 bridgehead atoms. The van der Waals surface area contributed by atoms with Crippen molar-refractivity contribution < 1.29 is 33.3 Å². The Morgan fingerprint density at radius 2 is 1.59 bits per heavy atom. The first kappa shape index (κ1) is 21.7. The van der Waals surface area contributed by atoms with E-state index in [2.05, 4.69) is 5.32 Å². The summed E-state index contributed by atoms with van der Waals surface area (Å²) in [6.07, 6.45) is 0. The molecule has 0 aliphatic rings. The summed E-state index contributed by atoms with van der Waals surface area (Å²) in [6, 6.07) is 11.0. The van der Waals surface area contributed by atoms with E-state index < -0.39 is 24.4 Å². The van der Waals surface area contributed by atoms with Crippen molar-refractivity contribution in [3.8, 4) is 17.2 Å². The molecule has 2 aromatic rings. The van der Waals surface area contributed by atoms with Crippen molar-refractivity contribution in [1.82, 2.24) is 5.32 Å². The monoisotopic (exact) mass is 401 g/mol. The maximum Gasteiger partial charge on any atom is 0.338 e. The van der Waals surface area contributed by atoms with Crippen LogP contribution in [-0.4, -0.2) is 44.7 Å². The Morgan fingerprint density at radius 3 is 2.28 bits per heavy atom. The summed E-state index contributed by atoms with van der Waals surface area (Å²) in [7, 11) is 1.42. The number of nitrogens with one attached hydrogen (secondary N) is 1. The molecule has 2 rings (SSSR count). The Balaban J connectivity index is 1.97. The number of carbonyl (C=O) groups excluding carboxylic acids is 3. The van der Waals surface area contributed by atoms with Crippen molar-refractivity contribution in [2.24, 2.45) is 0 Å². The van der Waals surface area contributed by atoms with Gasteiger partial charge in [0, 0.05) is 0 Å². The predicted octanol–water partition coefficient (Wildman–Crippen LogP) is 2.61. The molecule has 2 amide bonds. The molecular formula is C21H23NO7. The Bertz CT molecular complexity index is 879. The number of amides is 2. The molecule has 0 saturated heterocycles. The van der Waals surface area contributed by atoms with Gasteiger partial charge in [-0.1, -0.05) is 12.1 Å². The van der Waals surface area contributed by atoms with Crippen LogP contribution in [0.25, 0.3) is 0 Å². The standard InChI is InChI=1S/C21H23NO7/c1-4-27-17-11-10-14(12-18(17)28-5-2)21(25)29-13-19(23)22-20(24)15-8-6-7-9-16(15)26-3/h6-12H,4-5,13H2,1-3H3,(H,22,23,24). The molecule has 0 heterocycles. The van der Waals surface area contributed by atoms with Gasteiger partial charge in [0.05, 0.1) is 31.5 Å². The minimum absolute atomic E-state index is 0.195. The van der Waals surface area contributed by atoms with Crippen LogP contribution in [0.2, 0.25) is 0 Å². The summed E-state index contributed by atoms with van der Waals surface area (Å²) in [4.78, 5) is 36.4. The quantitative estimate of drug-likeness (QED) is 0.645. The summed E-state index contributed by atoms with van der Waals surface area (Å²) in [5, 5.41) is 2.16. The molecule has 0 unspecified atom stereocenters. The summed E-state index contributed by atoms with van der Waals surface area (Å²) < 4.78 is 21.0. The number of rotatable bonds is 9. The van der Waals surface area contributed by atoms with Gasteiger partial charge in [-0.15, -0.1) is 0 Å². The highest BCUT2D eigenvalue weighted by molar-refractivity contribution is 6.07. The second-order valence-corrected chi connectivity index (χ2v) is 5.68. The van der Waals surface area contributed by atoms with E-state index in [0.29, 0.717) is 30.5 Å². The van der Waals surface area contributed by atoms with Crippen molar-refractivity contribution >= 4 is 17.8 Å². The van der Waals surface area contributed by atoms with Crippen molar-refractivity contribution in [3.05, 3.63) is 53.6 Å². The molecule has 0 aliphatic carbocycles. The number of para-hydroxylation sites is 1. The lowest BCUT2D eigenvalue weighted by molar-refractivity contribution is -0.123. The van der Waals surface area contributed by atoms with Crippen LogP contribution in [0.4, 0.5) is 0 Å². The number of benzene rings is 2. The highest BCUT2D eigenvalue weighted by Crippen LogP contribution is 2.28. The van der Waals surface area contributed by atoms with E-state index in [1.807, 2.05) is 13.8 Å². The average Bonchev–Trinajstić information content (AvgIpc) is 2.73. The van der Waals surface area contributed by atoms with Gasteiger partial charge in [0.15, 0.2) is 18.1 Å². The lowest BCUT2D eigenvalue weighted by Gasteiger charge is -2.12. The Kier molecular flexibility index (Phi) is 8.02. The molecule has 0 saturated carbocycles. The molecule has 0 spiro atoms. The van der Waals surface area contributed by atoms with Crippen LogP contribution in [0.3, 0.4) is 0 Å². The van der Waals surface area contributed by atoms with Gasteiger partial charge in [-0.3, -0.25) is 14.9 Å². The number of carbonyl (C=O) groups is 3. The van der Waals surface area contributed by atoms with Crippen molar-refractivity contribution in [2.45, 2.75) is 13.8 Å². The van der Waals surface area contributed by atoms with E-state index in [4.69, 9.17) is 18.9 Å². The number of esters is 1. The first-order valence-electron chi connectivity index (χ1n) is 9.04. The third-order valence-corrected chi connectivity index (χ3v) is 3.72. The fraction of sp³-hybridized carbons (Fsp3) is 0.286. The maximum absolute atomic E-state index is 12.2. The van der Waals surface area contributed by atoms with E-state index in [-0.39, 0.29) is 11.1 Å². The van der Waals surface area contributed by atoms with E-state index in [0.717, 1.165) is 0 Å². The van der Waals surface area contributed by atoms with E-state index >= 15 is 0 Å². The lowest BCUT2D eigenvalue weighted by Crippen LogP contribution is -2.34. The van der Waals surface area contributed by atoms with E-state index in [1.54, 1.807) is 24.3 Å². The zero-order chi connectivity index (χ0) is 21.2.